The molecule has 2 heterocycles. The molecular formula is C16H13N3. The van der Waals surface area contributed by atoms with Gasteiger partial charge in [0.1, 0.15) is 6.04 Å². The molecule has 1 atom stereocenters. The summed E-state index contributed by atoms with van der Waals surface area (Å²) in [5.74, 6) is 0. The lowest BCUT2D eigenvalue weighted by Crippen LogP contribution is -2.13. The molecule has 0 saturated carbocycles. The van der Waals surface area contributed by atoms with Crippen LogP contribution >= 0.6 is 0 Å². The molecular weight excluding hydrogens is 234 g/mol. The topological polar surface area (TPSA) is 39.1 Å². The summed E-state index contributed by atoms with van der Waals surface area (Å²) < 4.78 is 0. The van der Waals surface area contributed by atoms with Crippen molar-refractivity contribution in [1.29, 1.82) is 5.26 Å². The molecule has 0 aliphatic carbocycles. The summed E-state index contributed by atoms with van der Waals surface area (Å²) in [7, 11) is 0. The van der Waals surface area contributed by atoms with Crippen LogP contribution in [0.3, 0.4) is 0 Å². The lowest BCUT2D eigenvalue weighted by Gasteiger charge is -2.20. The molecule has 0 saturated heterocycles. The van der Waals surface area contributed by atoms with Crippen LogP contribution in [0.25, 0.3) is 0 Å². The van der Waals surface area contributed by atoms with Gasteiger partial charge in [-0.3, -0.25) is 0 Å². The fraction of sp³-hybridized carbons (Fsp3) is 0.188. The van der Waals surface area contributed by atoms with Gasteiger partial charge in [0.05, 0.1) is 23.1 Å². The van der Waals surface area contributed by atoms with Gasteiger partial charge in [-0.2, -0.15) is 5.26 Å². The minimum atomic E-state index is -0.279. The Morgan fingerprint density at radius 1 is 1.16 bits per heavy atom. The Morgan fingerprint density at radius 3 is 2.95 bits per heavy atom. The van der Waals surface area contributed by atoms with Crippen LogP contribution in [0.4, 0.5) is 17.1 Å². The van der Waals surface area contributed by atoms with Crippen LogP contribution < -0.4 is 10.2 Å². The zero-order valence-electron chi connectivity index (χ0n) is 10.4. The molecule has 19 heavy (non-hydrogen) atoms. The molecule has 0 aromatic heterocycles. The van der Waals surface area contributed by atoms with Crippen molar-refractivity contribution in [3.05, 3.63) is 53.6 Å². The third kappa shape index (κ3) is 1.37. The molecule has 0 radical (unpaired) electrons. The number of hydrogen-bond acceptors (Lipinski definition) is 3. The first kappa shape index (κ1) is 10.5. The molecule has 92 valence electrons. The van der Waals surface area contributed by atoms with Crippen molar-refractivity contribution < 1.29 is 0 Å². The minimum Gasteiger partial charge on any atom is -0.364 e. The number of rotatable bonds is 0. The molecule has 2 aliphatic rings. The molecule has 2 aliphatic heterocycles. The number of nitriles is 1. The quantitative estimate of drug-likeness (QED) is 0.775. The molecule has 0 amide bonds. The third-order valence-corrected chi connectivity index (χ3v) is 3.96. The molecule has 2 aromatic carbocycles. The summed E-state index contributed by atoms with van der Waals surface area (Å²) in [6, 6.07) is 16.6. The van der Waals surface area contributed by atoms with E-state index < -0.39 is 0 Å². The lowest BCUT2D eigenvalue weighted by molar-refractivity contribution is 0.999. The van der Waals surface area contributed by atoms with Crippen LogP contribution in [0, 0.1) is 11.3 Å². The summed E-state index contributed by atoms with van der Waals surface area (Å²) >= 11 is 0. The van der Waals surface area contributed by atoms with Crippen LogP contribution in [-0.4, -0.2) is 6.54 Å². The van der Waals surface area contributed by atoms with Gasteiger partial charge in [0.2, 0.25) is 0 Å². The zero-order valence-corrected chi connectivity index (χ0v) is 10.4. The highest BCUT2D eigenvalue weighted by Gasteiger charge is 2.31. The second kappa shape index (κ2) is 3.76. The van der Waals surface area contributed by atoms with E-state index in [2.05, 4.69) is 40.6 Å². The number of nitrogens with zero attached hydrogens (tertiary/aromatic N) is 2. The zero-order chi connectivity index (χ0) is 12.8. The monoisotopic (exact) mass is 247 g/mol. The third-order valence-electron chi connectivity index (χ3n) is 3.96. The van der Waals surface area contributed by atoms with Crippen molar-refractivity contribution >= 4 is 17.1 Å². The summed E-state index contributed by atoms with van der Waals surface area (Å²) in [5.41, 5.74) is 5.88. The van der Waals surface area contributed by atoms with Crippen molar-refractivity contribution in [2.75, 3.05) is 16.8 Å². The first-order valence-electron chi connectivity index (χ1n) is 6.53. The van der Waals surface area contributed by atoms with E-state index in [1.54, 1.807) is 0 Å². The second-order valence-electron chi connectivity index (χ2n) is 4.98. The summed E-state index contributed by atoms with van der Waals surface area (Å²) in [5, 5.41) is 12.8. The molecule has 3 heteroatoms. The number of fused-ring (bicyclic) bond motifs is 2. The number of hydrogen-bond donors (Lipinski definition) is 1. The van der Waals surface area contributed by atoms with E-state index in [0.717, 1.165) is 24.2 Å². The van der Waals surface area contributed by atoms with E-state index >= 15 is 0 Å². The van der Waals surface area contributed by atoms with Crippen LogP contribution in [0.1, 0.15) is 17.2 Å². The largest absolute Gasteiger partial charge is 0.364 e. The Hall–Kier alpha value is -2.47. The van der Waals surface area contributed by atoms with Crippen molar-refractivity contribution in [3.8, 4) is 6.07 Å². The molecule has 0 fully saturated rings. The maximum atomic E-state index is 9.45. The Kier molecular flexibility index (Phi) is 2.07. The van der Waals surface area contributed by atoms with Crippen molar-refractivity contribution in [2.45, 2.75) is 12.5 Å². The summed E-state index contributed by atoms with van der Waals surface area (Å²) in [4.78, 5) is 2.34. The Balaban J connectivity index is 2.03. The summed E-state index contributed by atoms with van der Waals surface area (Å²) in [6.07, 6.45) is 1.05. The van der Waals surface area contributed by atoms with E-state index in [1.165, 1.54) is 16.9 Å². The molecule has 0 bridgehead atoms. The van der Waals surface area contributed by atoms with Crippen LogP contribution in [-0.2, 0) is 6.42 Å². The second-order valence-corrected chi connectivity index (χ2v) is 4.98. The number of para-hydroxylation sites is 3. The highest BCUT2D eigenvalue weighted by molar-refractivity contribution is 5.84. The van der Waals surface area contributed by atoms with Gasteiger partial charge in [-0.1, -0.05) is 30.3 Å². The lowest BCUT2D eigenvalue weighted by atomic mass is 10.0. The van der Waals surface area contributed by atoms with E-state index in [0.29, 0.717) is 0 Å². The number of benzene rings is 2. The average molecular weight is 247 g/mol. The fourth-order valence-electron chi connectivity index (χ4n) is 3.13. The van der Waals surface area contributed by atoms with Crippen LogP contribution in [0.15, 0.2) is 42.5 Å². The Bertz CT molecular complexity index is 699. The van der Waals surface area contributed by atoms with E-state index in [9.17, 15) is 5.26 Å². The molecule has 0 spiro atoms. The van der Waals surface area contributed by atoms with E-state index in [-0.39, 0.29) is 6.04 Å². The maximum absolute atomic E-state index is 9.45. The van der Waals surface area contributed by atoms with Gasteiger partial charge in [-0.25, -0.2) is 0 Å². The minimum absolute atomic E-state index is 0.279. The molecule has 3 nitrogen and oxygen atoms in total. The van der Waals surface area contributed by atoms with Gasteiger partial charge in [0.25, 0.3) is 0 Å². The molecule has 4 rings (SSSR count). The van der Waals surface area contributed by atoms with E-state index in [1.807, 2.05) is 18.2 Å². The van der Waals surface area contributed by atoms with E-state index in [4.69, 9.17) is 0 Å². The summed E-state index contributed by atoms with van der Waals surface area (Å²) in [6.45, 7) is 0.989. The first-order valence-corrected chi connectivity index (χ1v) is 6.53. The fourth-order valence-corrected chi connectivity index (χ4v) is 3.13. The van der Waals surface area contributed by atoms with Crippen molar-refractivity contribution in [3.63, 3.8) is 0 Å². The van der Waals surface area contributed by atoms with Crippen molar-refractivity contribution in [1.82, 2.24) is 0 Å². The van der Waals surface area contributed by atoms with Crippen LogP contribution in [0.5, 0.6) is 0 Å². The highest BCUT2D eigenvalue weighted by atomic mass is 15.2. The average Bonchev–Trinajstić information content (AvgIpc) is 2.83. The predicted octanol–water partition coefficient (Wildman–Crippen LogP) is 3.37. The first-order chi connectivity index (χ1) is 9.38. The standard InChI is InChI=1S/C16H13N3/c17-10-14-12-5-3-4-11-8-9-19(16(11)12)15-7-2-1-6-13(15)18-14/h1-7,14,18H,8-9H2. The molecule has 2 aromatic rings. The Labute approximate surface area is 112 Å². The van der Waals surface area contributed by atoms with Gasteiger partial charge in [-0.05, 0) is 24.1 Å². The Morgan fingerprint density at radius 2 is 2.05 bits per heavy atom. The highest BCUT2D eigenvalue weighted by Crippen LogP contribution is 2.46. The smallest absolute Gasteiger partial charge is 0.142 e. The van der Waals surface area contributed by atoms with Gasteiger partial charge in [0, 0.05) is 12.1 Å². The van der Waals surface area contributed by atoms with Crippen LogP contribution in [0.2, 0.25) is 0 Å². The molecule has 1 N–H and O–H groups in total. The van der Waals surface area contributed by atoms with Gasteiger partial charge >= 0.3 is 0 Å². The van der Waals surface area contributed by atoms with Crippen molar-refractivity contribution in [2.24, 2.45) is 0 Å². The number of nitrogens with one attached hydrogen (secondary N) is 1. The molecule has 1 unspecified atom stereocenters. The normalized spacial score (nSPS) is 18.9. The number of anilines is 3. The SMILES string of the molecule is N#CC1Nc2ccccc2N2CCc3cccc1c32. The maximum Gasteiger partial charge on any atom is 0.142 e. The predicted molar refractivity (Wildman–Crippen MR) is 75.6 cm³/mol. The van der Waals surface area contributed by atoms with Gasteiger partial charge < -0.3 is 10.2 Å². The van der Waals surface area contributed by atoms with Gasteiger partial charge in [0.15, 0.2) is 0 Å². The van der Waals surface area contributed by atoms with Gasteiger partial charge in [-0.15, -0.1) is 0 Å².